The van der Waals surface area contributed by atoms with E-state index in [-0.39, 0.29) is 0 Å². The first-order chi connectivity index (χ1) is 9.78. The third-order valence-corrected chi connectivity index (χ3v) is 4.12. The van der Waals surface area contributed by atoms with Crippen LogP contribution >= 0.6 is 11.6 Å². The Morgan fingerprint density at radius 2 is 2.25 bits per heavy atom. The molecule has 3 rings (SSSR count). The highest BCUT2D eigenvalue weighted by Gasteiger charge is 2.20. The van der Waals surface area contributed by atoms with E-state index in [2.05, 4.69) is 28.1 Å². The van der Waals surface area contributed by atoms with Crippen molar-refractivity contribution in [2.24, 2.45) is 0 Å². The zero-order valence-corrected chi connectivity index (χ0v) is 12.6. The van der Waals surface area contributed by atoms with Crippen molar-refractivity contribution in [1.82, 2.24) is 9.88 Å². The van der Waals surface area contributed by atoms with Crippen molar-refractivity contribution < 1.29 is 4.74 Å². The summed E-state index contributed by atoms with van der Waals surface area (Å²) in [4.78, 5) is 0. The van der Waals surface area contributed by atoms with Crippen LogP contribution in [0.3, 0.4) is 0 Å². The zero-order chi connectivity index (χ0) is 13.9. The molecule has 1 heterocycles. The predicted molar refractivity (Wildman–Crippen MR) is 83.3 cm³/mol. The molecule has 0 radical (unpaired) electrons. The summed E-state index contributed by atoms with van der Waals surface area (Å²) < 4.78 is 7.36. The molecule has 0 saturated heterocycles. The number of aromatic nitrogens is 1. The van der Waals surface area contributed by atoms with Crippen LogP contribution in [-0.4, -0.2) is 24.3 Å². The van der Waals surface area contributed by atoms with E-state index < -0.39 is 0 Å². The van der Waals surface area contributed by atoms with Crippen molar-refractivity contribution in [3.05, 3.63) is 35.0 Å². The smallest absolute Gasteiger partial charge is 0.0661 e. The van der Waals surface area contributed by atoms with Crippen LogP contribution in [0.4, 0.5) is 0 Å². The molecule has 0 bridgehead atoms. The molecule has 108 valence electrons. The molecule has 1 N–H and O–H groups in total. The molecule has 1 aromatic carbocycles. The standard InChI is InChI=1S/C16H21ClN2O/c1-20-8-2-7-19-11-15(17)14-6-3-12(9-16(14)19)10-18-13-4-5-13/h3,6,9,11,13,18H,2,4-5,7-8,10H2,1H3. The second-order valence-electron chi connectivity index (χ2n) is 5.52. The number of aryl methyl sites for hydroxylation is 1. The van der Waals surface area contributed by atoms with Crippen molar-refractivity contribution in [2.75, 3.05) is 13.7 Å². The van der Waals surface area contributed by atoms with Crippen LogP contribution in [0.1, 0.15) is 24.8 Å². The minimum absolute atomic E-state index is 0.739. The van der Waals surface area contributed by atoms with E-state index >= 15 is 0 Å². The molecule has 0 atom stereocenters. The summed E-state index contributed by atoms with van der Waals surface area (Å²) in [5, 5.41) is 5.52. The highest BCUT2D eigenvalue weighted by Crippen LogP contribution is 2.27. The fourth-order valence-corrected chi connectivity index (χ4v) is 2.79. The Balaban J connectivity index is 1.79. The van der Waals surface area contributed by atoms with E-state index in [9.17, 15) is 0 Å². The van der Waals surface area contributed by atoms with Gasteiger partial charge >= 0.3 is 0 Å². The molecule has 0 spiro atoms. The van der Waals surface area contributed by atoms with E-state index in [1.807, 2.05) is 6.20 Å². The molecule has 1 aromatic heterocycles. The Bertz CT molecular complexity index is 589. The molecular weight excluding hydrogens is 272 g/mol. The number of nitrogens with zero attached hydrogens (tertiary/aromatic N) is 1. The van der Waals surface area contributed by atoms with Crippen LogP contribution in [0.2, 0.25) is 5.02 Å². The van der Waals surface area contributed by atoms with Gasteiger partial charge in [0.05, 0.1) is 5.02 Å². The second kappa shape index (κ2) is 6.17. The lowest BCUT2D eigenvalue weighted by Crippen LogP contribution is -2.15. The fourth-order valence-electron chi connectivity index (χ4n) is 2.52. The topological polar surface area (TPSA) is 26.2 Å². The van der Waals surface area contributed by atoms with Gasteiger partial charge in [0.1, 0.15) is 0 Å². The number of halogens is 1. The summed E-state index contributed by atoms with van der Waals surface area (Å²) in [5.74, 6) is 0. The number of hydrogen-bond donors (Lipinski definition) is 1. The number of nitrogens with one attached hydrogen (secondary N) is 1. The van der Waals surface area contributed by atoms with Crippen LogP contribution < -0.4 is 5.32 Å². The van der Waals surface area contributed by atoms with Gasteiger partial charge in [-0.25, -0.2) is 0 Å². The maximum Gasteiger partial charge on any atom is 0.0661 e. The van der Waals surface area contributed by atoms with Gasteiger partial charge in [0.25, 0.3) is 0 Å². The molecular formula is C16H21ClN2O. The van der Waals surface area contributed by atoms with Gasteiger partial charge < -0.3 is 14.6 Å². The van der Waals surface area contributed by atoms with Gasteiger partial charge in [-0.1, -0.05) is 23.7 Å². The monoisotopic (exact) mass is 292 g/mol. The number of fused-ring (bicyclic) bond motifs is 1. The minimum atomic E-state index is 0.739. The zero-order valence-electron chi connectivity index (χ0n) is 11.9. The number of ether oxygens (including phenoxy) is 1. The first kappa shape index (κ1) is 13.9. The normalized spacial score (nSPS) is 15.1. The molecule has 3 nitrogen and oxygen atoms in total. The summed E-state index contributed by atoms with van der Waals surface area (Å²) >= 11 is 6.31. The van der Waals surface area contributed by atoms with Gasteiger partial charge in [-0.15, -0.1) is 0 Å². The van der Waals surface area contributed by atoms with E-state index in [4.69, 9.17) is 16.3 Å². The Morgan fingerprint density at radius 3 is 3.00 bits per heavy atom. The van der Waals surface area contributed by atoms with E-state index in [1.165, 1.54) is 23.9 Å². The molecule has 0 unspecified atom stereocenters. The van der Waals surface area contributed by atoms with Crippen molar-refractivity contribution in [3.8, 4) is 0 Å². The number of rotatable bonds is 7. The third-order valence-electron chi connectivity index (χ3n) is 3.82. The lowest BCUT2D eigenvalue weighted by Gasteiger charge is -2.07. The Morgan fingerprint density at radius 1 is 1.40 bits per heavy atom. The van der Waals surface area contributed by atoms with Crippen molar-refractivity contribution >= 4 is 22.5 Å². The van der Waals surface area contributed by atoms with Crippen LogP contribution in [0.5, 0.6) is 0 Å². The Kier molecular flexibility index (Phi) is 4.29. The van der Waals surface area contributed by atoms with Gasteiger partial charge in [0, 0.05) is 49.9 Å². The summed E-state index contributed by atoms with van der Waals surface area (Å²) in [6, 6.07) is 7.30. The molecule has 1 aliphatic rings. The summed E-state index contributed by atoms with van der Waals surface area (Å²) in [5.41, 5.74) is 2.55. The molecule has 1 aliphatic carbocycles. The number of methoxy groups -OCH3 is 1. The average Bonchev–Trinajstić information content (AvgIpc) is 3.23. The summed E-state index contributed by atoms with van der Waals surface area (Å²) in [7, 11) is 1.74. The third kappa shape index (κ3) is 3.17. The van der Waals surface area contributed by atoms with Crippen LogP contribution in [0, 0.1) is 0 Å². The fraction of sp³-hybridized carbons (Fsp3) is 0.500. The first-order valence-corrected chi connectivity index (χ1v) is 7.65. The highest BCUT2D eigenvalue weighted by molar-refractivity contribution is 6.35. The van der Waals surface area contributed by atoms with Gasteiger partial charge in [-0.3, -0.25) is 0 Å². The van der Waals surface area contributed by atoms with Crippen LogP contribution in [0.25, 0.3) is 10.9 Å². The highest BCUT2D eigenvalue weighted by atomic mass is 35.5. The minimum Gasteiger partial charge on any atom is -0.385 e. The maximum absolute atomic E-state index is 6.31. The SMILES string of the molecule is COCCCn1cc(Cl)c2ccc(CNC3CC3)cc21. The molecule has 1 saturated carbocycles. The summed E-state index contributed by atoms with van der Waals surface area (Å²) in [6.07, 6.45) is 5.67. The molecule has 20 heavy (non-hydrogen) atoms. The molecule has 0 aliphatic heterocycles. The molecule has 4 heteroatoms. The quantitative estimate of drug-likeness (QED) is 0.790. The van der Waals surface area contributed by atoms with E-state index in [0.717, 1.165) is 42.6 Å². The van der Waals surface area contributed by atoms with Gasteiger partial charge in [-0.2, -0.15) is 0 Å². The lowest BCUT2D eigenvalue weighted by atomic mass is 10.1. The Labute approximate surface area is 124 Å². The Hall–Kier alpha value is -1.03. The van der Waals surface area contributed by atoms with E-state index in [1.54, 1.807) is 7.11 Å². The van der Waals surface area contributed by atoms with Crippen molar-refractivity contribution in [1.29, 1.82) is 0 Å². The number of benzene rings is 1. The average molecular weight is 293 g/mol. The molecule has 0 amide bonds. The lowest BCUT2D eigenvalue weighted by molar-refractivity contribution is 0.190. The van der Waals surface area contributed by atoms with Crippen molar-refractivity contribution in [2.45, 2.75) is 38.4 Å². The van der Waals surface area contributed by atoms with Gasteiger partial charge in [-0.05, 0) is 30.9 Å². The predicted octanol–water partition coefficient (Wildman–Crippen LogP) is 3.58. The van der Waals surface area contributed by atoms with Crippen molar-refractivity contribution in [3.63, 3.8) is 0 Å². The van der Waals surface area contributed by atoms with E-state index in [0.29, 0.717) is 0 Å². The maximum atomic E-state index is 6.31. The molecule has 2 aromatic rings. The van der Waals surface area contributed by atoms with Gasteiger partial charge in [0.2, 0.25) is 0 Å². The summed E-state index contributed by atoms with van der Waals surface area (Å²) in [6.45, 7) is 2.66. The second-order valence-corrected chi connectivity index (χ2v) is 5.93. The van der Waals surface area contributed by atoms with Crippen LogP contribution in [0.15, 0.2) is 24.4 Å². The first-order valence-electron chi connectivity index (χ1n) is 7.27. The molecule has 1 fully saturated rings. The van der Waals surface area contributed by atoms with Gasteiger partial charge in [0.15, 0.2) is 0 Å². The largest absolute Gasteiger partial charge is 0.385 e. The number of hydrogen-bond acceptors (Lipinski definition) is 2. The van der Waals surface area contributed by atoms with Crippen LogP contribution in [-0.2, 0) is 17.8 Å².